The van der Waals surface area contributed by atoms with Gasteiger partial charge in [0, 0.05) is 39.6 Å². The first-order valence-electron chi connectivity index (χ1n) is 10.8. The number of rotatable bonds is 2. The molecule has 1 spiro atoms. The fourth-order valence-corrected chi connectivity index (χ4v) is 5.80. The van der Waals surface area contributed by atoms with Crippen LogP contribution in [0.4, 0.5) is 0 Å². The number of aldehydes is 1. The molecule has 2 aliphatic carbocycles. The third kappa shape index (κ3) is 3.89. The standard InChI is InChI=1S/C24H28N2O.CH4O.H2/c27-17-21-16-26(12-11-25-21)22-9-10-24(15-22)14-20-7-2-1-5-18(20)13-19-6-3-4-8-23(19)24;1-2;/h1-8,17,21-22,25H,9-16H2;2H,1H3;1H. The van der Waals surface area contributed by atoms with Crippen LogP contribution in [0.2, 0.25) is 0 Å². The maximum Gasteiger partial charge on any atom is 0.138 e. The van der Waals surface area contributed by atoms with Crippen molar-refractivity contribution in [1.29, 1.82) is 0 Å². The lowest BCUT2D eigenvalue weighted by atomic mass is 9.73. The third-order valence-electron chi connectivity index (χ3n) is 7.12. The van der Waals surface area contributed by atoms with Gasteiger partial charge in [-0.25, -0.2) is 0 Å². The number of hydrogen-bond acceptors (Lipinski definition) is 4. The van der Waals surface area contributed by atoms with Gasteiger partial charge in [0.15, 0.2) is 0 Å². The number of carbonyl (C=O) groups excluding carboxylic acids is 1. The summed E-state index contributed by atoms with van der Waals surface area (Å²) in [7, 11) is 1.00. The van der Waals surface area contributed by atoms with Gasteiger partial charge in [-0.15, -0.1) is 0 Å². The van der Waals surface area contributed by atoms with Crippen LogP contribution in [0.15, 0.2) is 48.5 Å². The van der Waals surface area contributed by atoms with Crippen LogP contribution >= 0.6 is 0 Å². The van der Waals surface area contributed by atoms with Crippen molar-refractivity contribution >= 4 is 6.29 Å². The van der Waals surface area contributed by atoms with E-state index in [2.05, 4.69) is 58.7 Å². The molecule has 0 bridgehead atoms. The van der Waals surface area contributed by atoms with Crippen molar-refractivity contribution in [1.82, 2.24) is 10.2 Å². The molecule has 29 heavy (non-hydrogen) atoms. The van der Waals surface area contributed by atoms with E-state index in [1.165, 1.54) is 36.0 Å². The first kappa shape index (κ1) is 20.3. The second kappa shape index (κ2) is 8.78. The van der Waals surface area contributed by atoms with E-state index >= 15 is 0 Å². The molecule has 2 aromatic carbocycles. The predicted octanol–water partition coefficient (Wildman–Crippen LogP) is 2.95. The summed E-state index contributed by atoms with van der Waals surface area (Å²) in [6.45, 7) is 2.85. The Hall–Kier alpha value is -2.01. The van der Waals surface area contributed by atoms with E-state index in [0.29, 0.717) is 6.04 Å². The summed E-state index contributed by atoms with van der Waals surface area (Å²) in [4.78, 5) is 13.8. The lowest BCUT2D eigenvalue weighted by Crippen LogP contribution is -2.54. The van der Waals surface area contributed by atoms with Crippen LogP contribution in [0, 0.1) is 0 Å². The molecule has 0 aromatic heterocycles. The maximum absolute atomic E-state index is 11.3. The highest BCUT2D eigenvalue weighted by molar-refractivity contribution is 5.58. The van der Waals surface area contributed by atoms with Crippen molar-refractivity contribution in [2.45, 2.75) is 49.6 Å². The fourth-order valence-electron chi connectivity index (χ4n) is 5.80. The zero-order chi connectivity index (χ0) is 20.3. The molecule has 0 amide bonds. The quantitative estimate of drug-likeness (QED) is 0.769. The number of fused-ring (bicyclic) bond motifs is 3. The number of piperazine rings is 1. The highest BCUT2D eigenvalue weighted by Crippen LogP contribution is 2.48. The Balaban J connectivity index is 0.000000830. The van der Waals surface area contributed by atoms with Crippen molar-refractivity contribution in [2.24, 2.45) is 0 Å². The van der Waals surface area contributed by atoms with Gasteiger partial charge in [0.1, 0.15) is 6.29 Å². The molecular formula is C25H34N2O2. The monoisotopic (exact) mass is 394 g/mol. The van der Waals surface area contributed by atoms with E-state index in [1.54, 1.807) is 5.56 Å². The smallest absolute Gasteiger partial charge is 0.138 e. The van der Waals surface area contributed by atoms with E-state index < -0.39 is 0 Å². The Morgan fingerprint density at radius 3 is 2.62 bits per heavy atom. The first-order valence-corrected chi connectivity index (χ1v) is 10.8. The molecule has 0 radical (unpaired) electrons. The van der Waals surface area contributed by atoms with Gasteiger partial charge in [-0.05, 0) is 54.4 Å². The number of carbonyl (C=O) groups is 1. The Morgan fingerprint density at radius 2 is 1.83 bits per heavy atom. The van der Waals surface area contributed by atoms with E-state index in [9.17, 15) is 4.79 Å². The minimum Gasteiger partial charge on any atom is -0.400 e. The Morgan fingerprint density at radius 1 is 1.10 bits per heavy atom. The van der Waals surface area contributed by atoms with Gasteiger partial charge in [0.05, 0.1) is 6.04 Å². The predicted molar refractivity (Wildman–Crippen MR) is 118 cm³/mol. The summed E-state index contributed by atoms with van der Waals surface area (Å²) >= 11 is 0. The highest BCUT2D eigenvalue weighted by Gasteiger charge is 2.45. The van der Waals surface area contributed by atoms with E-state index in [0.717, 1.165) is 45.9 Å². The Labute approximate surface area is 175 Å². The molecule has 3 atom stereocenters. The van der Waals surface area contributed by atoms with Crippen molar-refractivity contribution < 1.29 is 11.3 Å². The molecule has 1 saturated heterocycles. The molecule has 4 nitrogen and oxygen atoms in total. The molecule has 3 unspecified atom stereocenters. The van der Waals surface area contributed by atoms with E-state index in [-0.39, 0.29) is 12.9 Å². The van der Waals surface area contributed by atoms with Crippen molar-refractivity contribution in [3.05, 3.63) is 70.8 Å². The van der Waals surface area contributed by atoms with Crippen LogP contribution in [0.3, 0.4) is 0 Å². The van der Waals surface area contributed by atoms with E-state index in [4.69, 9.17) is 5.11 Å². The number of benzene rings is 2. The SMILES string of the molecule is CO.O=CC1CN(C2CCC3(Cc4ccccc4Cc4ccccc43)C2)CCN1.[HH]. The van der Waals surface area contributed by atoms with Gasteiger partial charge >= 0.3 is 0 Å². The van der Waals surface area contributed by atoms with Crippen LogP contribution in [-0.4, -0.2) is 55.1 Å². The lowest BCUT2D eigenvalue weighted by molar-refractivity contribution is -0.110. The largest absolute Gasteiger partial charge is 0.400 e. The highest BCUT2D eigenvalue weighted by atomic mass is 16.2. The lowest BCUT2D eigenvalue weighted by Gasteiger charge is -2.37. The summed E-state index contributed by atoms with van der Waals surface area (Å²) < 4.78 is 0. The maximum atomic E-state index is 11.3. The molecule has 3 aliphatic rings. The second-order valence-corrected chi connectivity index (χ2v) is 8.65. The minimum absolute atomic E-state index is 0. The van der Waals surface area contributed by atoms with Crippen LogP contribution in [0.1, 0.15) is 42.9 Å². The summed E-state index contributed by atoms with van der Waals surface area (Å²) in [5.74, 6) is 0. The second-order valence-electron chi connectivity index (χ2n) is 8.65. The third-order valence-corrected chi connectivity index (χ3v) is 7.12. The number of aliphatic hydroxyl groups is 1. The number of nitrogens with one attached hydrogen (secondary N) is 1. The van der Waals surface area contributed by atoms with Crippen molar-refractivity contribution in [2.75, 3.05) is 26.7 Å². The number of nitrogens with zero attached hydrogens (tertiary/aromatic N) is 1. The summed E-state index contributed by atoms with van der Waals surface area (Å²) in [5.41, 5.74) is 6.35. The average Bonchev–Trinajstić information content (AvgIpc) is 3.16. The van der Waals surface area contributed by atoms with Gasteiger partial charge in [-0.2, -0.15) is 0 Å². The number of aliphatic hydroxyl groups excluding tert-OH is 1. The van der Waals surface area contributed by atoms with Crippen LogP contribution in [0.25, 0.3) is 0 Å². The molecule has 4 heteroatoms. The van der Waals surface area contributed by atoms with Crippen LogP contribution in [0.5, 0.6) is 0 Å². The number of hydrogen-bond donors (Lipinski definition) is 2. The fraction of sp³-hybridized carbons (Fsp3) is 0.480. The summed E-state index contributed by atoms with van der Waals surface area (Å²) in [5, 5.41) is 10.3. The normalized spacial score (nSPS) is 28.6. The summed E-state index contributed by atoms with van der Waals surface area (Å²) in [6, 6.07) is 18.7. The van der Waals surface area contributed by atoms with Crippen LogP contribution in [-0.2, 0) is 23.1 Å². The zero-order valence-corrected chi connectivity index (χ0v) is 17.3. The van der Waals surface area contributed by atoms with Gasteiger partial charge in [-0.3, -0.25) is 4.90 Å². The molecule has 1 saturated carbocycles. The molecule has 1 heterocycles. The Bertz CT molecular complexity index is 859. The van der Waals surface area contributed by atoms with Gasteiger partial charge in [0.25, 0.3) is 0 Å². The molecule has 1 aliphatic heterocycles. The average molecular weight is 395 g/mol. The molecule has 2 N–H and O–H groups in total. The van der Waals surface area contributed by atoms with Gasteiger partial charge in [0.2, 0.25) is 0 Å². The molecular weight excluding hydrogens is 360 g/mol. The topological polar surface area (TPSA) is 52.6 Å². The van der Waals surface area contributed by atoms with Crippen LogP contribution < -0.4 is 5.32 Å². The van der Waals surface area contributed by atoms with Crippen molar-refractivity contribution in [3.8, 4) is 0 Å². The van der Waals surface area contributed by atoms with Crippen molar-refractivity contribution in [3.63, 3.8) is 0 Å². The zero-order valence-electron chi connectivity index (χ0n) is 17.3. The first-order chi connectivity index (χ1) is 14.3. The van der Waals surface area contributed by atoms with E-state index in [1.807, 2.05) is 0 Å². The summed E-state index contributed by atoms with van der Waals surface area (Å²) in [6.07, 6.45) is 6.98. The molecule has 2 fully saturated rings. The molecule has 2 aromatic rings. The van der Waals surface area contributed by atoms with Gasteiger partial charge in [-0.1, -0.05) is 48.5 Å². The molecule has 5 rings (SSSR count). The Kier molecular flexibility index (Phi) is 6.14. The molecule has 156 valence electrons. The minimum atomic E-state index is -0.00236. The van der Waals surface area contributed by atoms with Gasteiger partial charge < -0.3 is 15.2 Å².